The molecule has 5 nitrogen and oxygen atoms in total. The summed E-state index contributed by atoms with van der Waals surface area (Å²) in [6, 6.07) is 14.6. The topological polar surface area (TPSA) is 58.6 Å². The van der Waals surface area contributed by atoms with E-state index in [1.54, 1.807) is 24.3 Å². The molecule has 0 aromatic heterocycles. The molecule has 2 aromatic carbocycles. The molecule has 0 fully saturated rings. The van der Waals surface area contributed by atoms with Gasteiger partial charge in [0, 0.05) is 24.3 Å². The number of anilines is 1. The average Bonchev–Trinajstić information content (AvgIpc) is 2.67. The van der Waals surface area contributed by atoms with Crippen molar-refractivity contribution in [3.05, 3.63) is 59.7 Å². The molecule has 5 heteroatoms. The van der Waals surface area contributed by atoms with E-state index in [0.717, 1.165) is 31.5 Å². The highest BCUT2D eigenvalue weighted by Gasteiger charge is 2.15. The van der Waals surface area contributed by atoms with E-state index in [2.05, 4.69) is 19.2 Å². The summed E-state index contributed by atoms with van der Waals surface area (Å²) >= 11 is 0. The molecule has 0 saturated heterocycles. The normalized spacial score (nSPS) is 10.3. The van der Waals surface area contributed by atoms with Crippen molar-refractivity contribution in [1.82, 2.24) is 4.90 Å². The Kier molecular flexibility index (Phi) is 7.86. The van der Waals surface area contributed by atoms with Gasteiger partial charge in [0.1, 0.15) is 5.75 Å². The van der Waals surface area contributed by atoms with E-state index in [9.17, 15) is 9.59 Å². The molecule has 0 unspecified atom stereocenters. The summed E-state index contributed by atoms with van der Waals surface area (Å²) in [5.74, 6) is 0.374. The molecule has 0 bridgehead atoms. The van der Waals surface area contributed by atoms with Gasteiger partial charge in [0.25, 0.3) is 11.8 Å². The molecule has 27 heavy (non-hydrogen) atoms. The fourth-order valence-electron chi connectivity index (χ4n) is 2.75. The van der Waals surface area contributed by atoms with Crippen molar-refractivity contribution >= 4 is 17.5 Å². The number of nitrogens with zero attached hydrogens (tertiary/aromatic N) is 1. The summed E-state index contributed by atoms with van der Waals surface area (Å²) in [4.78, 5) is 26.7. The van der Waals surface area contributed by atoms with Crippen molar-refractivity contribution < 1.29 is 14.3 Å². The first kappa shape index (κ1) is 20.5. The van der Waals surface area contributed by atoms with Crippen molar-refractivity contribution in [3.63, 3.8) is 0 Å². The summed E-state index contributed by atoms with van der Waals surface area (Å²) < 4.78 is 5.49. The number of carbonyl (C=O) groups excluding carboxylic acids is 2. The number of amides is 2. The zero-order valence-electron chi connectivity index (χ0n) is 16.3. The van der Waals surface area contributed by atoms with E-state index in [1.165, 1.54) is 0 Å². The minimum absolute atomic E-state index is 0.00861. The Morgan fingerprint density at radius 3 is 2.30 bits per heavy atom. The van der Waals surface area contributed by atoms with Gasteiger partial charge in [0.05, 0.1) is 0 Å². The second-order valence-corrected chi connectivity index (χ2v) is 6.52. The van der Waals surface area contributed by atoms with Crippen molar-refractivity contribution in [2.45, 2.75) is 33.6 Å². The third-order valence-corrected chi connectivity index (χ3v) is 4.06. The summed E-state index contributed by atoms with van der Waals surface area (Å²) in [6.07, 6.45) is 1.83. The molecule has 0 atom stereocenters. The van der Waals surface area contributed by atoms with Crippen molar-refractivity contribution in [1.29, 1.82) is 0 Å². The van der Waals surface area contributed by atoms with Gasteiger partial charge in [-0.1, -0.05) is 37.6 Å². The van der Waals surface area contributed by atoms with Gasteiger partial charge in [-0.3, -0.25) is 9.59 Å². The molecule has 0 radical (unpaired) electrons. The van der Waals surface area contributed by atoms with Crippen LogP contribution >= 0.6 is 0 Å². The Balaban J connectivity index is 1.96. The van der Waals surface area contributed by atoms with Gasteiger partial charge in [-0.05, 0) is 50.1 Å². The first-order valence-corrected chi connectivity index (χ1v) is 9.42. The number of nitrogens with one attached hydrogen (secondary N) is 1. The van der Waals surface area contributed by atoms with E-state index < -0.39 is 0 Å². The van der Waals surface area contributed by atoms with Crippen LogP contribution < -0.4 is 10.1 Å². The standard InChI is InChI=1S/C22H28N2O3/c1-4-13-24(14-5-2)22(26)18-7-6-8-19(15-18)23-21(25)16-27-20-11-9-17(3)10-12-20/h6-12,15H,4-5,13-14,16H2,1-3H3,(H,23,25). The molecule has 0 heterocycles. The highest BCUT2D eigenvalue weighted by atomic mass is 16.5. The van der Waals surface area contributed by atoms with Crippen molar-refractivity contribution in [3.8, 4) is 5.75 Å². The van der Waals surface area contributed by atoms with Crippen LogP contribution in [-0.2, 0) is 4.79 Å². The average molecular weight is 368 g/mol. The number of benzene rings is 2. The zero-order valence-corrected chi connectivity index (χ0v) is 16.3. The van der Waals surface area contributed by atoms with Gasteiger partial charge in [0.15, 0.2) is 6.61 Å². The third-order valence-electron chi connectivity index (χ3n) is 4.06. The van der Waals surface area contributed by atoms with E-state index in [0.29, 0.717) is 17.0 Å². The smallest absolute Gasteiger partial charge is 0.262 e. The molecule has 2 amide bonds. The van der Waals surface area contributed by atoms with Crippen LogP contribution in [0.5, 0.6) is 5.75 Å². The van der Waals surface area contributed by atoms with Crippen LogP contribution in [0.1, 0.15) is 42.6 Å². The summed E-state index contributed by atoms with van der Waals surface area (Å²) in [6.45, 7) is 7.48. The lowest BCUT2D eigenvalue weighted by atomic mass is 10.1. The Hall–Kier alpha value is -2.82. The molecule has 0 aliphatic heterocycles. The lowest BCUT2D eigenvalue weighted by Crippen LogP contribution is -2.32. The highest BCUT2D eigenvalue weighted by molar-refractivity contribution is 5.97. The van der Waals surface area contributed by atoms with Crippen LogP contribution in [0, 0.1) is 6.92 Å². The van der Waals surface area contributed by atoms with Gasteiger partial charge in [0.2, 0.25) is 0 Å². The number of hydrogen-bond donors (Lipinski definition) is 1. The number of ether oxygens (including phenoxy) is 1. The quantitative estimate of drug-likeness (QED) is 0.719. The fourth-order valence-corrected chi connectivity index (χ4v) is 2.75. The van der Waals surface area contributed by atoms with Crippen LogP contribution in [0.15, 0.2) is 48.5 Å². The molecular formula is C22H28N2O3. The summed E-state index contributed by atoms with van der Waals surface area (Å²) in [5, 5.41) is 2.79. The number of aryl methyl sites for hydroxylation is 1. The van der Waals surface area contributed by atoms with Crippen LogP contribution in [-0.4, -0.2) is 36.4 Å². The van der Waals surface area contributed by atoms with E-state index in [4.69, 9.17) is 4.74 Å². The fraction of sp³-hybridized carbons (Fsp3) is 0.364. The molecule has 144 valence electrons. The molecule has 0 aliphatic carbocycles. The molecule has 0 spiro atoms. The van der Waals surface area contributed by atoms with Gasteiger partial charge in [-0.25, -0.2) is 0 Å². The van der Waals surface area contributed by atoms with Gasteiger partial charge < -0.3 is 15.0 Å². The Morgan fingerprint density at radius 1 is 1.00 bits per heavy atom. The predicted molar refractivity (Wildman–Crippen MR) is 108 cm³/mol. The first-order chi connectivity index (χ1) is 13.0. The van der Waals surface area contributed by atoms with E-state index in [-0.39, 0.29) is 18.4 Å². The second-order valence-electron chi connectivity index (χ2n) is 6.52. The molecule has 0 saturated carbocycles. The van der Waals surface area contributed by atoms with E-state index >= 15 is 0 Å². The number of rotatable bonds is 9. The largest absolute Gasteiger partial charge is 0.484 e. The van der Waals surface area contributed by atoms with E-state index in [1.807, 2.05) is 36.1 Å². The summed E-state index contributed by atoms with van der Waals surface area (Å²) in [7, 11) is 0. The molecule has 0 aliphatic rings. The maximum Gasteiger partial charge on any atom is 0.262 e. The number of carbonyl (C=O) groups is 2. The van der Waals surface area contributed by atoms with Crippen LogP contribution in [0.4, 0.5) is 5.69 Å². The maximum atomic E-state index is 12.7. The second kappa shape index (κ2) is 10.4. The van der Waals surface area contributed by atoms with Crippen LogP contribution in [0.3, 0.4) is 0 Å². The minimum atomic E-state index is -0.265. The molecular weight excluding hydrogens is 340 g/mol. The molecule has 2 aromatic rings. The Morgan fingerprint density at radius 2 is 1.67 bits per heavy atom. The van der Waals surface area contributed by atoms with Gasteiger partial charge in [-0.2, -0.15) is 0 Å². The molecule has 1 N–H and O–H groups in total. The SMILES string of the molecule is CCCN(CCC)C(=O)c1cccc(NC(=O)COc2ccc(C)cc2)c1. The van der Waals surface area contributed by atoms with Crippen LogP contribution in [0.25, 0.3) is 0 Å². The highest BCUT2D eigenvalue weighted by Crippen LogP contribution is 2.15. The lowest BCUT2D eigenvalue weighted by Gasteiger charge is -2.21. The molecule has 2 rings (SSSR count). The number of hydrogen-bond acceptors (Lipinski definition) is 3. The Labute approximate surface area is 161 Å². The third kappa shape index (κ3) is 6.44. The summed E-state index contributed by atoms with van der Waals surface area (Å²) in [5.41, 5.74) is 2.30. The monoisotopic (exact) mass is 368 g/mol. The van der Waals surface area contributed by atoms with Crippen molar-refractivity contribution in [2.24, 2.45) is 0 Å². The Bertz CT molecular complexity index is 750. The van der Waals surface area contributed by atoms with Gasteiger partial charge in [-0.15, -0.1) is 0 Å². The maximum absolute atomic E-state index is 12.7. The van der Waals surface area contributed by atoms with Crippen molar-refractivity contribution in [2.75, 3.05) is 25.0 Å². The first-order valence-electron chi connectivity index (χ1n) is 9.42. The minimum Gasteiger partial charge on any atom is -0.484 e. The zero-order chi connectivity index (χ0) is 19.6. The predicted octanol–water partition coefficient (Wildman–Crippen LogP) is 4.27. The lowest BCUT2D eigenvalue weighted by molar-refractivity contribution is -0.118. The van der Waals surface area contributed by atoms with Crippen LogP contribution in [0.2, 0.25) is 0 Å². The van der Waals surface area contributed by atoms with Gasteiger partial charge >= 0.3 is 0 Å².